The Morgan fingerprint density at radius 3 is 2.19 bits per heavy atom. The highest BCUT2D eigenvalue weighted by Crippen LogP contribution is 2.20. The van der Waals surface area contributed by atoms with Crippen molar-refractivity contribution >= 4 is 27.3 Å². The number of hydrogen-bond donors (Lipinski definition) is 2. The average Bonchev–Trinajstić information content (AvgIpc) is 2.63. The summed E-state index contributed by atoms with van der Waals surface area (Å²) in [5, 5.41) is 19.7. The molecule has 0 bridgehead atoms. The van der Waals surface area contributed by atoms with Gasteiger partial charge in [0.2, 0.25) is 0 Å². The summed E-state index contributed by atoms with van der Waals surface area (Å²) < 4.78 is 27.5. The van der Waals surface area contributed by atoms with Crippen LogP contribution in [0.2, 0.25) is 0 Å². The zero-order chi connectivity index (χ0) is 19.4. The zero-order valence-corrected chi connectivity index (χ0v) is 15.6. The quantitative estimate of drug-likeness (QED) is 0.702. The summed E-state index contributed by atoms with van der Waals surface area (Å²) in [5.41, 5.74) is 2.95. The van der Waals surface area contributed by atoms with Crippen molar-refractivity contribution in [3.8, 4) is 6.07 Å². The highest BCUT2D eigenvalue weighted by Gasteiger charge is 2.17. The summed E-state index contributed by atoms with van der Waals surface area (Å²) >= 11 is 0. The van der Waals surface area contributed by atoms with Crippen LogP contribution in [-0.4, -0.2) is 18.6 Å². The van der Waals surface area contributed by atoms with Crippen molar-refractivity contribution in [2.45, 2.75) is 18.7 Å². The standard InChI is InChI=1S/C19H17N5O2S/c1-13-3-8-17(14(2)11-13)27(25,26)24-19-10-9-18(22-23-19)21-16-6-4-15(12-20)5-7-16/h3-11H,1-2H3,(H,21,22)(H,23,24). The number of anilines is 3. The molecule has 0 amide bonds. The molecule has 1 heterocycles. The van der Waals surface area contributed by atoms with Crippen LogP contribution in [0.15, 0.2) is 59.5 Å². The summed E-state index contributed by atoms with van der Waals surface area (Å²) in [4.78, 5) is 0.203. The van der Waals surface area contributed by atoms with E-state index in [2.05, 4.69) is 20.2 Å². The van der Waals surface area contributed by atoms with Crippen molar-refractivity contribution in [3.05, 3.63) is 71.3 Å². The molecule has 8 heteroatoms. The maximum atomic E-state index is 12.5. The summed E-state index contributed by atoms with van der Waals surface area (Å²) in [6.07, 6.45) is 0. The minimum Gasteiger partial charge on any atom is -0.339 e. The third kappa shape index (κ3) is 4.40. The fourth-order valence-corrected chi connectivity index (χ4v) is 3.75. The number of aromatic nitrogens is 2. The molecule has 27 heavy (non-hydrogen) atoms. The second-order valence-corrected chi connectivity index (χ2v) is 7.64. The fraction of sp³-hybridized carbons (Fsp3) is 0.105. The van der Waals surface area contributed by atoms with E-state index in [9.17, 15) is 8.42 Å². The minimum atomic E-state index is -3.74. The molecule has 1 aromatic heterocycles. The van der Waals surface area contributed by atoms with Gasteiger partial charge < -0.3 is 5.32 Å². The number of nitrogens with one attached hydrogen (secondary N) is 2. The summed E-state index contributed by atoms with van der Waals surface area (Å²) in [7, 11) is -3.74. The van der Waals surface area contributed by atoms with E-state index in [0.29, 0.717) is 16.9 Å². The van der Waals surface area contributed by atoms with Crippen molar-refractivity contribution < 1.29 is 8.42 Å². The van der Waals surface area contributed by atoms with E-state index in [1.165, 1.54) is 6.07 Å². The van der Waals surface area contributed by atoms with Gasteiger partial charge in [0.15, 0.2) is 11.6 Å². The lowest BCUT2D eigenvalue weighted by Gasteiger charge is -2.10. The van der Waals surface area contributed by atoms with Gasteiger partial charge in [0.05, 0.1) is 16.5 Å². The maximum absolute atomic E-state index is 12.5. The highest BCUT2D eigenvalue weighted by molar-refractivity contribution is 7.92. The smallest absolute Gasteiger partial charge is 0.263 e. The first-order valence-electron chi connectivity index (χ1n) is 8.08. The van der Waals surface area contributed by atoms with Crippen LogP contribution < -0.4 is 10.0 Å². The van der Waals surface area contributed by atoms with Gasteiger partial charge in [-0.1, -0.05) is 17.7 Å². The number of benzene rings is 2. The maximum Gasteiger partial charge on any atom is 0.263 e. The molecule has 0 aliphatic heterocycles. The number of aryl methyl sites for hydroxylation is 2. The molecule has 0 aliphatic carbocycles. The van der Waals surface area contributed by atoms with Crippen LogP contribution in [0.1, 0.15) is 16.7 Å². The third-order valence-electron chi connectivity index (χ3n) is 3.81. The Labute approximate surface area is 157 Å². The Balaban J connectivity index is 1.74. The third-order valence-corrected chi connectivity index (χ3v) is 5.32. The van der Waals surface area contributed by atoms with Crippen LogP contribution in [0.4, 0.5) is 17.3 Å². The van der Waals surface area contributed by atoms with E-state index >= 15 is 0 Å². The molecule has 0 unspecified atom stereocenters. The number of nitriles is 1. The van der Waals surface area contributed by atoms with Gasteiger partial charge in [0, 0.05) is 5.69 Å². The van der Waals surface area contributed by atoms with Crippen LogP contribution in [0.25, 0.3) is 0 Å². The SMILES string of the molecule is Cc1ccc(S(=O)(=O)Nc2ccc(Nc3ccc(C#N)cc3)nn2)c(C)c1. The van der Waals surface area contributed by atoms with Crippen molar-refractivity contribution in [2.75, 3.05) is 10.0 Å². The normalized spacial score (nSPS) is 10.9. The van der Waals surface area contributed by atoms with E-state index in [1.54, 1.807) is 49.4 Å². The van der Waals surface area contributed by atoms with Crippen molar-refractivity contribution in [1.82, 2.24) is 10.2 Å². The van der Waals surface area contributed by atoms with Crippen LogP contribution in [0.5, 0.6) is 0 Å². The lowest BCUT2D eigenvalue weighted by molar-refractivity contribution is 0.600. The lowest BCUT2D eigenvalue weighted by atomic mass is 10.2. The molecule has 0 radical (unpaired) electrons. The molecular formula is C19H17N5O2S. The van der Waals surface area contributed by atoms with Gasteiger partial charge in [-0.3, -0.25) is 4.72 Å². The van der Waals surface area contributed by atoms with Crippen LogP contribution in [0.3, 0.4) is 0 Å². The second-order valence-electron chi connectivity index (χ2n) is 5.99. The first kappa shape index (κ1) is 18.4. The van der Waals surface area contributed by atoms with Gasteiger partial charge in [-0.05, 0) is 61.9 Å². The number of sulfonamides is 1. The molecule has 0 saturated carbocycles. The largest absolute Gasteiger partial charge is 0.339 e. The van der Waals surface area contributed by atoms with Crippen LogP contribution >= 0.6 is 0 Å². The molecular weight excluding hydrogens is 362 g/mol. The molecule has 0 atom stereocenters. The molecule has 7 nitrogen and oxygen atoms in total. The van der Waals surface area contributed by atoms with Gasteiger partial charge in [0.1, 0.15) is 0 Å². The zero-order valence-electron chi connectivity index (χ0n) is 14.8. The Bertz CT molecular complexity index is 1100. The number of nitrogens with zero attached hydrogens (tertiary/aromatic N) is 3. The summed E-state index contributed by atoms with van der Waals surface area (Å²) in [5.74, 6) is 0.578. The monoisotopic (exact) mass is 379 g/mol. The predicted octanol–water partition coefficient (Wildman–Crippen LogP) is 3.51. The first-order chi connectivity index (χ1) is 12.9. The van der Waals surface area contributed by atoms with Gasteiger partial charge >= 0.3 is 0 Å². The van der Waals surface area contributed by atoms with Gasteiger partial charge in [-0.2, -0.15) is 5.26 Å². The molecule has 0 spiro atoms. The summed E-state index contributed by atoms with van der Waals surface area (Å²) in [6.45, 7) is 3.65. The van der Waals surface area contributed by atoms with Gasteiger partial charge in [-0.25, -0.2) is 8.42 Å². The van der Waals surface area contributed by atoms with E-state index in [4.69, 9.17) is 5.26 Å². The average molecular weight is 379 g/mol. The topological polar surface area (TPSA) is 108 Å². The Hall–Kier alpha value is -3.44. The Morgan fingerprint density at radius 1 is 0.926 bits per heavy atom. The van der Waals surface area contributed by atoms with Crippen LogP contribution in [0, 0.1) is 25.2 Å². The van der Waals surface area contributed by atoms with Gasteiger partial charge in [-0.15, -0.1) is 10.2 Å². The molecule has 136 valence electrons. The fourth-order valence-electron chi connectivity index (χ4n) is 2.52. The molecule has 0 fully saturated rings. The first-order valence-corrected chi connectivity index (χ1v) is 9.57. The van der Waals surface area contributed by atoms with E-state index in [0.717, 1.165) is 11.3 Å². The Kier molecular flexibility index (Phi) is 5.05. The van der Waals surface area contributed by atoms with Crippen molar-refractivity contribution in [1.29, 1.82) is 5.26 Å². The lowest BCUT2D eigenvalue weighted by Crippen LogP contribution is -2.15. The molecule has 0 saturated heterocycles. The molecule has 0 aliphatic rings. The van der Waals surface area contributed by atoms with E-state index in [1.807, 2.05) is 19.1 Å². The molecule has 3 aromatic rings. The van der Waals surface area contributed by atoms with Crippen molar-refractivity contribution in [3.63, 3.8) is 0 Å². The number of rotatable bonds is 5. The highest BCUT2D eigenvalue weighted by atomic mass is 32.2. The summed E-state index contributed by atoms with van der Waals surface area (Å²) in [6, 6.07) is 17.2. The minimum absolute atomic E-state index is 0.125. The van der Waals surface area contributed by atoms with Crippen molar-refractivity contribution in [2.24, 2.45) is 0 Å². The molecule has 2 aromatic carbocycles. The van der Waals surface area contributed by atoms with E-state index in [-0.39, 0.29) is 10.7 Å². The Morgan fingerprint density at radius 2 is 1.59 bits per heavy atom. The molecule has 3 rings (SSSR count). The van der Waals surface area contributed by atoms with Crippen LogP contribution in [-0.2, 0) is 10.0 Å². The van der Waals surface area contributed by atoms with E-state index < -0.39 is 10.0 Å². The number of hydrogen-bond acceptors (Lipinski definition) is 6. The predicted molar refractivity (Wildman–Crippen MR) is 103 cm³/mol. The molecule has 2 N–H and O–H groups in total. The second kappa shape index (κ2) is 7.43. The van der Waals surface area contributed by atoms with Gasteiger partial charge in [0.25, 0.3) is 10.0 Å².